The lowest BCUT2D eigenvalue weighted by molar-refractivity contribution is -0.800. The number of phenols is 1. The van der Waals surface area contributed by atoms with Crippen LogP contribution >= 0.6 is 0 Å². The monoisotopic (exact) mass is 338 g/mol. The standard InChI is InChI=1S/C19H19N3O3/c1-13-4-6-14(7-5-13)21-17(10-11-20(2)3)19(22(24)25)16-9-8-15(23)12-18(16)21/h4-12,23H,1-3H3/p+1/b11-10+. The average molecular weight is 338 g/mol. The summed E-state index contributed by atoms with van der Waals surface area (Å²) in [6, 6.07) is 12.4. The first-order valence-corrected chi connectivity index (χ1v) is 7.95. The number of phenolic OH excluding ortho intramolecular Hbond substituents is 1. The zero-order valence-electron chi connectivity index (χ0n) is 14.4. The first-order valence-electron chi connectivity index (χ1n) is 7.95. The quantitative estimate of drug-likeness (QED) is 0.567. The van der Waals surface area contributed by atoms with Crippen LogP contribution in [0, 0.1) is 17.0 Å². The Kier molecular flexibility index (Phi) is 4.29. The van der Waals surface area contributed by atoms with E-state index in [1.54, 1.807) is 18.2 Å². The summed E-state index contributed by atoms with van der Waals surface area (Å²) in [5, 5.41) is 22.1. The molecule has 1 heterocycles. The van der Waals surface area contributed by atoms with Crippen molar-refractivity contribution in [2.24, 2.45) is 0 Å². The first kappa shape index (κ1) is 16.7. The van der Waals surface area contributed by atoms with Gasteiger partial charge in [0.2, 0.25) is 0 Å². The molecule has 25 heavy (non-hydrogen) atoms. The molecule has 0 fully saturated rings. The highest BCUT2D eigenvalue weighted by molar-refractivity contribution is 5.96. The van der Waals surface area contributed by atoms with E-state index in [1.807, 2.05) is 56.1 Å². The second kappa shape index (κ2) is 6.41. The second-order valence-electron chi connectivity index (χ2n) is 6.27. The molecule has 0 aliphatic carbocycles. The summed E-state index contributed by atoms with van der Waals surface area (Å²) in [5.74, 6) is 0.0713. The highest BCUT2D eigenvalue weighted by atomic mass is 16.6. The lowest BCUT2D eigenvalue weighted by atomic mass is 10.2. The normalized spacial score (nSPS) is 11.7. The number of aryl methyl sites for hydroxylation is 1. The van der Waals surface area contributed by atoms with Gasteiger partial charge in [0.25, 0.3) is 0 Å². The Morgan fingerprint density at radius 1 is 1.16 bits per heavy atom. The lowest BCUT2D eigenvalue weighted by Gasteiger charge is -2.09. The summed E-state index contributed by atoms with van der Waals surface area (Å²) in [7, 11) is 3.88. The fourth-order valence-corrected chi connectivity index (χ4v) is 2.84. The number of aromatic nitrogens is 1. The van der Waals surface area contributed by atoms with Gasteiger partial charge in [-0.05, 0) is 31.2 Å². The van der Waals surface area contributed by atoms with Crippen LogP contribution in [0.3, 0.4) is 0 Å². The van der Waals surface area contributed by atoms with E-state index in [4.69, 9.17) is 0 Å². The van der Waals surface area contributed by atoms with E-state index >= 15 is 0 Å². The van der Waals surface area contributed by atoms with Crippen molar-refractivity contribution >= 4 is 22.7 Å². The zero-order valence-corrected chi connectivity index (χ0v) is 14.4. The van der Waals surface area contributed by atoms with Gasteiger partial charge < -0.3 is 14.6 Å². The summed E-state index contributed by atoms with van der Waals surface area (Å²) in [6.07, 6.45) is 3.61. The number of benzene rings is 2. The molecule has 0 radical (unpaired) electrons. The van der Waals surface area contributed by atoms with Gasteiger partial charge in [0.1, 0.15) is 11.4 Å². The molecule has 0 saturated carbocycles. The Bertz CT molecular complexity index is 970. The molecule has 0 unspecified atom stereocenters. The molecular formula is C19H20N3O3+. The average Bonchev–Trinajstić information content (AvgIpc) is 2.87. The number of rotatable bonds is 4. The molecule has 0 spiro atoms. The SMILES string of the molecule is Cc1ccc(-n2c(/C=C/[NH+](C)C)c([N+](=O)[O-])c3ccc(O)cc32)cc1. The van der Waals surface area contributed by atoms with Crippen molar-refractivity contribution in [3.05, 3.63) is 70.0 Å². The molecule has 0 saturated heterocycles. The minimum atomic E-state index is -0.366. The molecule has 0 aliphatic heterocycles. The molecule has 6 nitrogen and oxygen atoms in total. The van der Waals surface area contributed by atoms with Gasteiger partial charge in [-0.15, -0.1) is 0 Å². The van der Waals surface area contributed by atoms with Crippen LogP contribution in [0.2, 0.25) is 0 Å². The summed E-state index contributed by atoms with van der Waals surface area (Å²) in [6.45, 7) is 1.99. The number of fused-ring (bicyclic) bond motifs is 1. The summed E-state index contributed by atoms with van der Waals surface area (Å²) in [5.41, 5.74) is 3.03. The molecule has 0 bridgehead atoms. The van der Waals surface area contributed by atoms with E-state index in [2.05, 4.69) is 0 Å². The first-order chi connectivity index (χ1) is 11.9. The molecule has 6 heteroatoms. The topological polar surface area (TPSA) is 72.7 Å². The highest BCUT2D eigenvalue weighted by Gasteiger charge is 2.26. The van der Waals surface area contributed by atoms with Crippen molar-refractivity contribution in [1.29, 1.82) is 0 Å². The third-order valence-corrected chi connectivity index (χ3v) is 4.01. The molecular weight excluding hydrogens is 318 g/mol. The predicted octanol–water partition coefficient (Wildman–Crippen LogP) is 2.67. The second-order valence-corrected chi connectivity index (χ2v) is 6.27. The largest absolute Gasteiger partial charge is 0.508 e. The third kappa shape index (κ3) is 3.12. The maximum absolute atomic E-state index is 11.8. The number of hydrogen-bond donors (Lipinski definition) is 2. The molecule has 128 valence electrons. The maximum Gasteiger partial charge on any atom is 0.302 e. The Hall–Kier alpha value is -3.12. The van der Waals surface area contributed by atoms with E-state index in [9.17, 15) is 15.2 Å². The van der Waals surface area contributed by atoms with E-state index in [0.29, 0.717) is 16.6 Å². The summed E-state index contributed by atoms with van der Waals surface area (Å²) >= 11 is 0. The predicted molar refractivity (Wildman–Crippen MR) is 98.2 cm³/mol. The molecule has 1 aromatic heterocycles. The van der Waals surface area contributed by atoms with Crippen molar-refractivity contribution in [3.63, 3.8) is 0 Å². The zero-order chi connectivity index (χ0) is 18.1. The number of quaternary nitrogens is 1. The van der Waals surface area contributed by atoms with Crippen LogP contribution in [0.25, 0.3) is 22.7 Å². The highest BCUT2D eigenvalue weighted by Crippen LogP contribution is 2.37. The number of hydrogen-bond acceptors (Lipinski definition) is 3. The number of nitrogens with one attached hydrogen (secondary N) is 1. The Balaban J connectivity index is 2.42. The van der Waals surface area contributed by atoms with Gasteiger partial charge in [-0.3, -0.25) is 10.1 Å². The molecule has 3 aromatic rings. The molecule has 3 rings (SSSR count). The van der Waals surface area contributed by atoms with E-state index in [0.717, 1.165) is 16.2 Å². The van der Waals surface area contributed by atoms with Gasteiger partial charge >= 0.3 is 5.69 Å². The number of nitrogens with zero attached hydrogens (tertiary/aromatic N) is 2. The maximum atomic E-state index is 11.8. The fraction of sp³-hybridized carbons (Fsp3) is 0.158. The Labute approximate surface area is 145 Å². The molecule has 2 aromatic carbocycles. The molecule has 0 atom stereocenters. The van der Waals surface area contributed by atoms with Crippen molar-refractivity contribution in [2.75, 3.05) is 14.1 Å². The van der Waals surface area contributed by atoms with Gasteiger partial charge in [0, 0.05) is 17.8 Å². The molecule has 0 aliphatic rings. The van der Waals surface area contributed by atoms with Gasteiger partial charge in [-0.1, -0.05) is 17.7 Å². The minimum Gasteiger partial charge on any atom is -0.508 e. The van der Waals surface area contributed by atoms with Crippen LogP contribution in [0.15, 0.2) is 48.7 Å². The van der Waals surface area contributed by atoms with E-state index in [-0.39, 0.29) is 16.4 Å². The van der Waals surface area contributed by atoms with Crippen LogP contribution < -0.4 is 4.90 Å². The van der Waals surface area contributed by atoms with Crippen molar-refractivity contribution < 1.29 is 14.9 Å². The van der Waals surface area contributed by atoms with Crippen LogP contribution in [-0.2, 0) is 0 Å². The van der Waals surface area contributed by atoms with Crippen LogP contribution in [0.1, 0.15) is 11.3 Å². The number of aromatic hydroxyl groups is 1. The van der Waals surface area contributed by atoms with Gasteiger partial charge in [-0.2, -0.15) is 0 Å². The number of nitro groups is 1. The third-order valence-electron chi connectivity index (χ3n) is 4.01. The molecule has 2 N–H and O–H groups in total. The van der Waals surface area contributed by atoms with E-state index in [1.165, 1.54) is 6.07 Å². The fourth-order valence-electron chi connectivity index (χ4n) is 2.84. The van der Waals surface area contributed by atoms with Crippen LogP contribution in [-0.4, -0.2) is 28.7 Å². The summed E-state index contributed by atoms with van der Waals surface area (Å²) < 4.78 is 1.81. The Morgan fingerprint density at radius 2 is 1.84 bits per heavy atom. The smallest absolute Gasteiger partial charge is 0.302 e. The van der Waals surface area contributed by atoms with Gasteiger partial charge in [-0.25, -0.2) is 0 Å². The Morgan fingerprint density at radius 3 is 2.44 bits per heavy atom. The molecule has 0 amide bonds. The van der Waals surface area contributed by atoms with Crippen LogP contribution in [0.5, 0.6) is 5.75 Å². The van der Waals surface area contributed by atoms with Crippen molar-refractivity contribution in [2.45, 2.75) is 6.92 Å². The van der Waals surface area contributed by atoms with Crippen LogP contribution in [0.4, 0.5) is 5.69 Å². The van der Waals surface area contributed by atoms with Gasteiger partial charge in [0.15, 0.2) is 0 Å². The van der Waals surface area contributed by atoms with Crippen molar-refractivity contribution in [1.82, 2.24) is 4.57 Å². The van der Waals surface area contributed by atoms with Crippen molar-refractivity contribution in [3.8, 4) is 11.4 Å². The minimum absolute atomic E-state index is 0.0353. The summed E-state index contributed by atoms with van der Waals surface area (Å²) in [4.78, 5) is 12.4. The van der Waals surface area contributed by atoms with E-state index < -0.39 is 0 Å². The van der Waals surface area contributed by atoms with Gasteiger partial charge in [0.05, 0.1) is 36.1 Å². The lowest BCUT2D eigenvalue weighted by Crippen LogP contribution is -3.00.